The second-order valence-electron chi connectivity index (χ2n) is 5.58. The Balaban J connectivity index is 2.60. The number of thiazole rings is 1. The second-order valence-corrected chi connectivity index (χ2v) is 6.52. The van der Waals surface area contributed by atoms with Gasteiger partial charge in [0.2, 0.25) is 0 Å². The minimum atomic E-state index is -0.381. The Labute approximate surface area is 108 Å². The molecule has 1 N–H and O–H groups in total. The van der Waals surface area contributed by atoms with Crippen molar-refractivity contribution in [3.63, 3.8) is 0 Å². The van der Waals surface area contributed by atoms with Crippen LogP contribution in [0.4, 0.5) is 0 Å². The molecule has 0 saturated carbocycles. The monoisotopic (exact) mass is 257 g/mol. The summed E-state index contributed by atoms with van der Waals surface area (Å²) in [4.78, 5) is 4.58. The minimum Gasteiger partial charge on any atom is -0.392 e. The van der Waals surface area contributed by atoms with Gasteiger partial charge in [-0.3, -0.25) is 0 Å². The molecule has 0 saturated heterocycles. The van der Waals surface area contributed by atoms with Crippen molar-refractivity contribution in [3.05, 3.63) is 16.1 Å². The Bertz CT molecular complexity index is 343. The van der Waals surface area contributed by atoms with E-state index in [0.717, 1.165) is 10.7 Å². The summed E-state index contributed by atoms with van der Waals surface area (Å²) < 4.78 is 5.04. The maximum absolute atomic E-state index is 10.0. The molecule has 0 amide bonds. The number of hydrogen-bond acceptors (Lipinski definition) is 4. The number of rotatable bonds is 5. The molecule has 0 bridgehead atoms. The highest BCUT2D eigenvalue weighted by molar-refractivity contribution is 7.09. The van der Waals surface area contributed by atoms with Gasteiger partial charge in [0.25, 0.3) is 0 Å². The topological polar surface area (TPSA) is 42.4 Å². The van der Waals surface area contributed by atoms with Crippen molar-refractivity contribution in [1.82, 2.24) is 4.98 Å². The summed E-state index contributed by atoms with van der Waals surface area (Å²) in [6.45, 7) is 9.02. The highest BCUT2D eigenvalue weighted by atomic mass is 32.1. The van der Waals surface area contributed by atoms with Crippen LogP contribution in [0, 0.1) is 5.92 Å². The first-order valence-corrected chi connectivity index (χ1v) is 6.84. The highest BCUT2D eigenvalue weighted by Gasteiger charge is 2.20. The molecule has 0 radical (unpaired) electrons. The third kappa shape index (κ3) is 4.37. The number of aromatic nitrogens is 1. The molecule has 1 rings (SSSR count). The van der Waals surface area contributed by atoms with Crippen LogP contribution in [0.2, 0.25) is 0 Å². The summed E-state index contributed by atoms with van der Waals surface area (Å²) >= 11 is 1.63. The van der Waals surface area contributed by atoms with E-state index in [1.54, 1.807) is 18.4 Å². The molecule has 0 aromatic carbocycles. The number of ether oxygens (including phenoxy) is 1. The first-order valence-electron chi connectivity index (χ1n) is 5.96. The van der Waals surface area contributed by atoms with Crippen molar-refractivity contribution < 1.29 is 9.84 Å². The van der Waals surface area contributed by atoms with Crippen LogP contribution < -0.4 is 0 Å². The van der Waals surface area contributed by atoms with Crippen molar-refractivity contribution in [2.45, 2.75) is 45.6 Å². The van der Waals surface area contributed by atoms with E-state index in [1.165, 1.54) is 0 Å². The number of nitrogens with zero attached hydrogens (tertiary/aromatic N) is 1. The fourth-order valence-corrected chi connectivity index (χ4v) is 2.58. The predicted octanol–water partition coefficient (Wildman–Crippen LogP) is 2.63. The standard InChI is InChI=1S/C13H23NO2S/c1-9(7-16-5)10(15)6-12-14-11(8-17-12)13(2,3)4/h8-10,15H,6-7H2,1-5H3. The molecule has 1 heterocycles. The molecule has 0 aliphatic rings. The Hall–Kier alpha value is -0.450. The van der Waals surface area contributed by atoms with E-state index in [0.29, 0.717) is 13.0 Å². The molecule has 4 heteroatoms. The van der Waals surface area contributed by atoms with Gasteiger partial charge in [-0.2, -0.15) is 0 Å². The Morgan fingerprint density at radius 2 is 2.12 bits per heavy atom. The molecule has 2 unspecified atom stereocenters. The van der Waals surface area contributed by atoms with Gasteiger partial charge in [0, 0.05) is 30.2 Å². The number of hydrogen-bond donors (Lipinski definition) is 1. The van der Waals surface area contributed by atoms with Crippen LogP contribution in [0.3, 0.4) is 0 Å². The van der Waals surface area contributed by atoms with E-state index < -0.39 is 0 Å². The normalized spacial score (nSPS) is 15.9. The van der Waals surface area contributed by atoms with Crippen LogP contribution in [-0.4, -0.2) is 29.9 Å². The molecule has 0 aliphatic carbocycles. The fraction of sp³-hybridized carbons (Fsp3) is 0.769. The third-order valence-electron chi connectivity index (χ3n) is 2.79. The SMILES string of the molecule is COCC(C)C(O)Cc1nc(C(C)(C)C)cs1. The van der Waals surface area contributed by atoms with Crippen molar-refractivity contribution >= 4 is 11.3 Å². The van der Waals surface area contributed by atoms with Crippen LogP contribution in [0.5, 0.6) is 0 Å². The van der Waals surface area contributed by atoms with Crippen molar-refractivity contribution in [2.75, 3.05) is 13.7 Å². The van der Waals surface area contributed by atoms with Crippen LogP contribution in [-0.2, 0) is 16.6 Å². The summed E-state index contributed by atoms with van der Waals surface area (Å²) in [7, 11) is 1.66. The van der Waals surface area contributed by atoms with E-state index in [4.69, 9.17) is 4.74 Å². The van der Waals surface area contributed by atoms with E-state index in [9.17, 15) is 5.11 Å². The van der Waals surface area contributed by atoms with Gasteiger partial charge in [0.15, 0.2) is 0 Å². The quantitative estimate of drug-likeness (QED) is 0.881. The molecule has 0 spiro atoms. The highest BCUT2D eigenvalue weighted by Crippen LogP contribution is 2.25. The number of methoxy groups -OCH3 is 1. The average molecular weight is 257 g/mol. The van der Waals surface area contributed by atoms with Gasteiger partial charge in [-0.05, 0) is 0 Å². The lowest BCUT2D eigenvalue weighted by Gasteiger charge is -2.17. The molecular weight excluding hydrogens is 234 g/mol. The molecule has 17 heavy (non-hydrogen) atoms. The van der Waals surface area contributed by atoms with E-state index in [2.05, 4.69) is 31.1 Å². The summed E-state index contributed by atoms with van der Waals surface area (Å²) in [6.07, 6.45) is 0.236. The smallest absolute Gasteiger partial charge is 0.0954 e. The van der Waals surface area contributed by atoms with Crippen LogP contribution in [0.1, 0.15) is 38.4 Å². The fourth-order valence-electron chi connectivity index (χ4n) is 1.50. The second kappa shape index (κ2) is 5.94. The number of aliphatic hydroxyl groups is 1. The molecule has 1 aromatic heterocycles. The van der Waals surface area contributed by atoms with Crippen LogP contribution >= 0.6 is 11.3 Å². The molecule has 1 aromatic rings. The predicted molar refractivity (Wildman–Crippen MR) is 71.6 cm³/mol. The zero-order chi connectivity index (χ0) is 13.1. The van der Waals surface area contributed by atoms with Gasteiger partial charge in [-0.15, -0.1) is 11.3 Å². The van der Waals surface area contributed by atoms with Gasteiger partial charge >= 0.3 is 0 Å². The van der Waals surface area contributed by atoms with Crippen molar-refractivity contribution in [3.8, 4) is 0 Å². The van der Waals surface area contributed by atoms with Gasteiger partial charge in [-0.25, -0.2) is 4.98 Å². The summed E-state index contributed by atoms with van der Waals surface area (Å²) in [5.74, 6) is 0.141. The summed E-state index contributed by atoms with van der Waals surface area (Å²) in [5.41, 5.74) is 1.18. The van der Waals surface area contributed by atoms with Crippen LogP contribution in [0.15, 0.2) is 5.38 Å². The lowest BCUT2D eigenvalue weighted by atomic mass is 9.93. The third-order valence-corrected chi connectivity index (χ3v) is 3.66. The van der Waals surface area contributed by atoms with Gasteiger partial charge in [-0.1, -0.05) is 27.7 Å². The Morgan fingerprint density at radius 3 is 2.59 bits per heavy atom. The van der Waals surface area contributed by atoms with Crippen molar-refractivity contribution in [1.29, 1.82) is 0 Å². The Morgan fingerprint density at radius 1 is 1.47 bits per heavy atom. The Kier molecular flexibility index (Phi) is 5.10. The van der Waals surface area contributed by atoms with Gasteiger partial charge in [0.1, 0.15) is 0 Å². The lowest BCUT2D eigenvalue weighted by Crippen LogP contribution is -2.24. The van der Waals surface area contributed by atoms with Crippen LogP contribution in [0.25, 0.3) is 0 Å². The minimum absolute atomic E-state index is 0.0812. The lowest BCUT2D eigenvalue weighted by molar-refractivity contribution is 0.0574. The summed E-state index contributed by atoms with van der Waals surface area (Å²) in [5, 5.41) is 13.1. The van der Waals surface area contributed by atoms with Crippen molar-refractivity contribution in [2.24, 2.45) is 5.92 Å². The van der Waals surface area contributed by atoms with E-state index in [-0.39, 0.29) is 17.4 Å². The maximum atomic E-state index is 10.0. The molecule has 3 nitrogen and oxygen atoms in total. The molecular formula is C13H23NO2S. The molecule has 0 fully saturated rings. The summed E-state index contributed by atoms with van der Waals surface area (Å²) in [6, 6.07) is 0. The van der Waals surface area contributed by atoms with Gasteiger partial charge in [0.05, 0.1) is 23.4 Å². The average Bonchev–Trinajstić information content (AvgIpc) is 2.66. The van der Waals surface area contributed by atoms with E-state index >= 15 is 0 Å². The first-order chi connectivity index (χ1) is 7.84. The van der Waals surface area contributed by atoms with Gasteiger partial charge < -0.3 is 9.84 Å². The molecule has 0 aliphatic heterocycles. The first kappa shape index (κ1) is 14.6. The maximum Gasteiger partial charge on any atom is 0.0954 e. The number of aliphatic hydroxyl groups excluding tert-OH is 1. The zero-order valence-corrected chi connectivity index (χ0v) is 12.2. The molecule has 98 valence electrons. The van der Waals surface area contributed by atoms with E-state index in [1.807, 2.05) is 6.92 Å². The zero-order valence-electron chi connectivity index (χ0n) is 11.4. The molecule has 2 atom stereocenters. The largest absolute Gasteiger partial charge is 0.392 e.